The van der Waals surface area contributed by atoms with E-state index in [1.807, 2.05) is 12.1 Å². The highest BCUT2D eigenvalue weighted by molar-refractivity contribution is 5.79. The number of hydrogen-bond donors (Lipinski definition) is 2. The van der Waals surface area contributed by atoms with Gasteiger partial charge in [0.15, 0.2) is 5.96 Å². The van der Waals surface area contributed by atoms with Crippen LogP contribution in [0.5, 0.6) is 0 Å². The quantitative estimate of drug-likeness (QED) is 0.642. The van der Waals surface area contributed by atoms with E-state index in [0.717, 1.165) is 31.0 Å². The van der Waals surface area contributed by atoms with Crippen molar-refractivity contribution >= 4 is 5.96 Å². The molecule has 1 aliphatic rings. The Kier molecular flexibility index (Phi) is 4.97. The molecule has 2 aromatic carbocycles. The number of rotatable bonds is 5. The van der Waals surface area contributed by atoms with Gasteiger partial charge in [0.05, 0.1) is 0 Å². The molecule has 0 heterocycles. The third kappa shape index (κ3) is 3.95. The zero-order valence-corrected chi connectivity index (χ0v) is 14.0. The lowest BCUT2D eigenvalue weighted by molar-refractivity contribution is 0.558. The maximum atomic E-state index is 14.0. The summed E-state index contributed by atoms with van der Waals surface area (Å²) in [6, 6.07) is 10.1. The molecule has 3 nitrogen and oxygen atoms in total. The Hall–Kier alpha value is -2.50. The topological polar surface area (TPSA) is 36.4 Å². The zero-order valence-electron chi connectivity index (χ0n) is 14.0. The first-order chi connectivity index (χ1) is 12.0. The molecule has 0 radical (unpaired) electrons. The van der Waals surface area contributed by atoms with E-state index in [2.05, 4.69) is 15.6 Å². The molecular formula is C19H20F3N3. The number of guanidine groups is 1. The van der Waals surface area contributed by atoms with Gasteiger partial charge in [0.2, 0.25) is 0 Å². The second-order valence-electron chi connectivity index (χ2n) is 6.28. The normalized spacial score (nSPS) is 15.8. The molecule has 0 atom stereocenters. The van der Waals surface area contributed by atoms with Crippen molar-refractivity contribution in [2.75, 3.05) is 13.6 Å². The van der Waals surface area contributed by atoms with E-state index in [0.29, 0.717) is 18.1 Å². The van der Waals surface area contributed by atoms with Crippen LogP contribution in [-0.4, -0.2) is 19.6 Å². The minimum absolute atomic E-state index is 0.107. The van der Waals surface area contributed by atoms with E-state index < -0.39 is 11.6 Å². The number of nitrogens with zero attached hydrogens (tertiary/aromatic N) is 1. The summed E-state index contributed by atoms with van der Waals surface area (Å²) < 4.78 is 40.9. The third-order valence-corrected chi connectivity index (χ3v) is 4.57. The predicted octanol–water partition coefficient (Wildman–Crippen LogP) is 3.50. The van der Waals surface area contributed by atoms with Crippen molar-refractivity contribution in [3.8, 4) is 0 Å². The van der Waals surface area contributed by atoms with Gasteiger partial charge in [-0.25, -0.2) is 13.2 Å². The van der Waals surface area contributed by atoms with E-state index in [-0.39, 0.29) is 23.3 Å². The second kappa shape index (κ2) is 7.17. The molecule has 0 amide bonds. The van der Waals surface area contributed by atoms with Gasteiger partial charge < -0.3 is 10.6 Å². The van der Waals surface area contributed by atoms with Crippen molar-refractivity contribution in [2.24, 2.45) is 4.99 Å². The average Bonchev–Trinajstić information content (AvgIpc) is 3.39. The number of halogens is 3. The minimum atomic E-state index is -0.488. The van der Waals surface area contributed by atoms with Crippen LogP contribution in [0, 0.1) is 17.5 Å². The molecule has 3 rings (SSSR count). The molecule has 0 bridgehead atoms. The third-order valence-electron chi connectivity index (χ3n) is 4.57. The van der Waals surface area contributed by atoms with Crippen LogP contribution in [0.15, 0.2) is 47.5 Å². The molecule has 1 fully saturated rings. The van der Waals surface area contributed by atoms with Crippen LogP contribution in [0.2, 0.25) is 0 Å². The predicted molar refractivity (Wildman–Crippen MR) is 91.9 cm³/mol. The molecule has 1 aliphatic carbocycles. The van der Waals surface area contributed by atoms with Gasteiger partial charge in [-0.3, -0.25) is 4.99 Å². The van der Waals surface area contributed by atoms with Crippen LogP contribution < -0.4 is 10.6 Å². The highest BCUT2D eigenvalue weighted by atomic mass is 19.1. The van der Waals surface area contributed by atoms with Gasteiger partial charge in [0.25, 0.3) is 0 Å². The fourth-order valence-electron chi connectivity index (χ4n) is 2.91. The number of nitrogens with one attached hydrogen (secondary N) is 2. The smallest absolute Gasteiger partial charge is 0.191 e. The summed E-state index contributed by atoms with van der Waals surface area (Å²) in [6.07, 6.45) is 1.80. The molecule has 2 aromatic rings. The Morgan fingerprint density at radius 3 is 2.48 bits per heavy atom. The molecule has 0 unspecified atom stereocenters. The van der Waals surface area contributed by atoms with Crippen molar-refractivity contribution in [3.63, 3.8) is 0 Å². The van der Waals surface area contributed by atoms with Gasteiger partial charge in [-0.1, -0.05) is 18.2 Å². The van der Waals surface area contributed by atoms with Gasteiger partial charge in [-0.2, -0.15) is 0 Å². The fraction of sp³-hybridized carbons (Fsp3) is 0.316. The van der Waals surface area contributed by atoms with Gasteiger partial charge in [-0.05, 0) is 42.7 Å². The molecule has 6 heteroatoms. The van der Waals surface area contributed by atoms with Gasteiger partial charge in [0.1, 0.15) is 17.5 Å². The van der Waals surface area contributed by atoms with Crippen molar-refractivity contribution in [3.05, 3.63) is 71.0 Å². The second-order valence-corrected chi connectivity index (χ2v) is 6.28. The van der Waals surface area contributed by atoms with Crippen LogP contribution in [-0.2, 0) is 12.0 Å². The summed E-state index contributed by atoms with van der Waals surface area (Å²) in [6.45, 7) is 0.634. The van der Waals surface area contributed by atoms with Crippen LogP contribution in [0.4, 0.5) is 13.2 Å². The van der Waals surface area contributed by atoms with Crippen LogP contribution in [0.1, 0.15) is 24.0 Å². The Balaban J connectivity index is 1.60. The summed E-state index contributed by atoms with van der Waals surface area (Å²) in [5.41, 5.74) is 0.694. The lowest BCUT2D eigenvalue weighted by Crippen LogP contribution is -2.41. The summed E-state index contributed by atoms with van der Waals surface area (Å²) in [5, 5.41) is 6.12. The highest BCUT2D eigenvalue weighted by Crippen LogP contribution is 2.48. The monoisotopic (exact) mass is 347 g/mol. The fourth-order valence-corrected chi connectivity index (χ4v) is 2.91. The van der Waals surface area contributed by atoms with E-state index >= 15 is 0 Å². The lowest BCUT2D eigenvalue weighted by atomic mass is 9.95. The summed E-state index contributed by atoms with van der Waals surface area (Å²) in [5.74, 6) is -0.704. The first kappa shape index (κ1) is 17.3. The first-order valence-corrected chi connectivity index (χ1v) is 8.17. The zero-order chi connectivity index (χ0) is 17.9. The van der Waals surface area contributed by atoms with Gasteiger partial charge in [-0.15, -0.1) is 0 Å². The molecule has 1 saturated carbocycles. The largest absolute Gasteiger partial charge is 0.356 e. The van der Waals surface area contributed by atoms with Crippen LogP contribution >= 0.6 is 0 Å². The SMILES string of the molecule is CN=C(NCc1cc(F)ccc1F)NCC1(c2ccccc2F)CC1. The minimum Gasteiger partial charge on any atom is -0.356 e. The van der Waals surface area contributed by atoms with E-state index in [9.17, 15) is 13.2 Å². The van der Waals surface area contributed by atoms with E-state index in [4.69, 9.17) is 0 Å². The summed E-state index contributed by atoms with van der Waals surface area (Å²) >= 11 is 0. The van der Waals surface area contributed by atoms with Crippen molar-refractivity contribution in [1.82, 2.24) is 10.6 Å². The Bertz CT molecular complexity index is 785. The molecular weight excluding hydrogens is 327 g/mol. The average molecular weight is 347 g/mol. The van der Waals surface area contributed by atoms with E-state index in [1.54, 1.807) is 13.1 Å². The molecule has 132 valence electrons. The molecule has 25 heavy (non-hydrogen) atoms. The van der Waals surface area contributed by atoms with Gasteiger partial charge in [0, 0.05) is 31.1 Å². The summed E-state index contributed by atoms with van der Waals surface area (Å²) in [4.78, 5) is 4.09. The molecule has 0 aromatic heterocycles. The van der Waals surface area contributed by atoms with Crippen LogP contribution in [0.25, 0.3) is 0 Å². The standard InChI is InChI=1S/C19H20F3N3/c1-23-18(24-11-13-10-14(20)6-7-16(13)21)25-12-19(8-9-19)15-4-2-3-5-17(15)22/h2-7,10H,8-9,11-12H2,1H3,(H2,23,24,25). The van der Waals surface area contributed by atoms with Crippen molar-refractivity contribution < 1.29 is 13.2 Å². The number of aliphatic imine (C=N–C) groups is 1. The van der Waals surface area contributed by atoms with E-state index in [1.165, 1.54) is 6.07 Å². The highest BCUT2D eigenvalue weighted by Gasteiger charge is 2.45. The molecule has 2 N–H and O–H groups in total. The summed E-state index contributed by atoms with van der Waals surface area (Å²) in [7, 11) is 1.60. The Morgan fingerprint density at radius 1 is 1.04 bits per heavy atom. The maximum absolute atomic E-state index is 14.0. The van der Waals surface area contributed by atoms with Gasteiger partial charge >= 0.3 is 0 Å². The Labute approximate surface area is 145 Å². The van der Waals surface area contributed by atoms with Crippen molar-refractivity contribution in [2.45, 2.75) is 24.8 Å². The lowest BCUT2D eigenvalue weighted by Gasteiger charge is -2.19. The maximum Gasteiger partial charge on any atom is 0.191 e. The number of hydrogen-bond acceptors (Lipinski definition) is 1. The molecule has 0 aliphatic heterocycles. The van der Waals surface area contributed by atoms with Crippen molar-refractivity contribution in [1.29, 1.82) is 0 Å². The Morgan fingerprint density at radius 2 is 1.80 bits per heavy atom. The first-order valence-electron chi connectivity index (χ1n) is 8.17. The number of benzene rings is 2. The molecule has 0 saturated heterocycles. The van der Waals surface area contributed by atoms with Crippen LogP contribution in [0.3, 0.4) is 0 Å². The molecule has 0 spiro atoms.